The molecule has 0 aliphatic heterocycles. The first-order valence-electron chi connectivity index (χ1n) is 19.0. The van der Waals surface area contributed by atoms with E-state index in [0.717, 1.165) is 103 Å². The van der Waals surface area contributed by atoms with E-state index in [4.69, 9.17) is 9.47 Å². The average molecular weight is 687 g/mol. The Bertz CT molecular complexity index is 1090. The largest absolute Gasteiger partial charge is 0.466 e. The number of carbonyl (C=O) groups excluding carboxylic acids is 2. The molecule has 0 aliphatic carbocycles. The molecule has 0 bridgehead atoms. The Morgan fingerprint density at radius 3 is 0.860 bits per heavy atom. The summed E-state index contributed by atoms with van der Waals surface area (Å²) in [5.74, 6) is -0.391. The average Bonchev–Trinajstić information content (AvgIpc) is 3.10. The summed E-state index contributed by atoms with van der Waals surface area (Å²) < 4.78 is 9.76. The van der Waals surface area contributed by atoms with Gasteiger partial charge in [-0.1, -0.05) is 148 Å². The summed E-state index contributed by atoms with van der Waals surface area (Å²) in [4.78, 5) is 21.2. The second kappa shape index (κ2) is 45.1. The van der Waals surface area contributed by atoms with E-state index in [1.165, 1.54) is 13.8 Å². The van der Waals surface area contributed by atoms with Crippen molar-refractivity contribution in [3.8, 4) is 0 Å². The highest BCUT2D eigenvalue weighted by Gasteiger charge is 1.91. The van der Waals surface area contributed by atoms with Gasteiger partial charge in [0.25, 0.3) is 0 Å². The number of rotatable bonds is 29. The van der Waals surface area contributed by atoms with Crippen molar-refractivity contribution in [2.24, 2.45) is 0 Å². The highest BCUT2D eigenvalue weighted by Crippen LogP contribution is 2.01. The van der Waals surface area contributed by atoms with Gasteiger partial charge in [-0.25, -0.2) is 0 Å². The fraction of sp³-hybridized carbons (Fsp3) is 0.478. The predicted molar refractivity (Wildman–Crippen MR) is 219 cm³/mol. The van der Waals surface area contributed by atoms with Gasteiger partial charge in [-0.05, 0) is 103 Å². The normalized spacial score (nSPS) is 12.7. The molecule has 50 heavy (non-hydrogen) atoms. The van der Waals surface area contributed by atoms with Crippen LogP contribution in [0.25, 0.3) is 0 Å². The fourth-order valence-corrected chi connectivity index (χ4v) is 4.01. The first kappa shape index (κ1) is 48.2. The molecule has 4 heteroatoms. The number of esters is 2. The second-order valence-electron chi connectivity index (χ2n) is 11.4. The molecule has 0 heterocycles. The Hall–Kier alpha value is -3.92. The molecular weight excluding hydrogens is 617 g/mol. The molecule has 0 N–H and O–H groups in total. The van der Waals surface area contributed by atoms with Crippen molar-refractivity contribution < 1.29 is 19.1 Å². The van der Waals surface area contributed by atoms with Crippen LogP contribution in [0.1, 0.15) is 130 Å². The summed E-state index contributed by atoms with van der Waals surface area (Å²) in [5, 5.41) is 0. The summed E-state index contributed by atoms with van der Waals surface area (Å²) in [5.41, 5.74) is 0. The van der Waals surface area contributed by atoms with Crippen LogP contribution in [-0.4, -0.2) is 25.2 Å². The van der Waals surface area contributed by atoms with Crippen LogP contribution in [0.4, 0.5) is 0 Å². The Morgan fingerprint density at radius 2 is 0.580 bits per heavy atom. The Balaban J connectivity index is 0. The molecule has 0 saturated carbocycles. The van der Waals surface area contributed by atoms with Gasteiger partial charge in [0.1, 0.15) is 0 Å². The maximum atomic E-state index is 10.6. The summed E-state index contributed by atoms with van der Waals surface area (Å²) in [7, 11) is 0. The monoisotopic (exact) mass is 687 g/mol. The predicted octanol–water partition coefficient (Wildman–Crippen LogP) is 13.5. The molecule has 0 fully saturated rings. The standard InChI is InChI=1S/C24H36O2.C22H34O2/c1-3-4-5-6-7-8-9-10-11-12-13-14-15-16-17-18-19-20-21-22-23-26-24(2)25;1-3-4-5-6-7-8-9-10-11-12-13-14-15-16-17-18-19-20-21-24-22(2)23/h4-5,7-8,10-11,13-14,16-17,19-20H,3,6,9,12,15,18,21-23H2,1-2H3;4-5,7-8,10-11,13-14,16-17H,3,6,9,12,15,18-21H2,1-2H3/b5-4-,8-7-,11-10-,14-13-,17-16-,20-19-;5-4-,8-7-,11-10-,14-13-,17-16-. The zero-order valence-electron chi connectivity index (χ0n) is 32.1. The summed E-state index contributed by atoms with van der Waals surface area (Å²) in [6.07, 6.45) is 64.6. The number of hydrogen-bond donors (Lipinski definition) is 0. The summed E-state index contributed by atoms with van der Waals surface area (Å²) >= 11 is 0. The third kappa shape index (κ3) is 50.9. The van der Waals surface area contributed by atoms with Gasteiger partial charge in [-0.3, -0.25) is 9.59 Å². The van der Waals surface area contributed by atoms with Crippen molar-refractivity contribution in [3.05, 3.63) is 134 Å². The maximum absolute atomic E-state index is 10.6. The van der Waals surface area contributed by atoms with Gasteiger partial charge in [0.05, 0.1) is 13.2 Å². The lowest BCUT2D eigenvalue weighted by molar-refractivity contribution is -0.142. The van der Waals surface area contributed by atoms with Crippen LogP contribution in [0, 0.1) is 0 Å². The second-order valence-corrected chi connectivity index (χ2v) is 11.4. The van der Waals surface area contributed by atoms with Crippen molar-refractivity contribution in [1.29, 1.82) is 0 Å². The molecule has 278 valence electrons. The van der Waals surface area contributed by atoms with Gasteiger partial charge in [0.15, 0.2) is 0 Å². The quantitative estimate of drug-likeness (QED) is 0.0446. The van der Waals surface area contributed by atoms with Crippen molar-refractivity contribution >= 4 is 11.9 Å². The zero-order chi connectivity index (χ0) is 36.9. The molecule has 0 rings (SSSR count). The molecule has 0 aromatic carbocycles. The topological polar surface area (TPSA) is 52.6 Å². The smallest absolute Gasteiger partial charge is 0.302 e. The number of carbonyl (C=O) groups is 2. The van der Waals surface area contributed by atoms with E-state index < -0.39 is 0 Å². The highest BCUT2D eigenvalue weighted by atomic mass is 16.5. The fourth-order valence-electron chi connectivity index (χ4n) is 4.01. The van der Waals surface area contributed by atoms with E-state index >= 15 is 0 Å². The number of hydrogen-bond acceptors (Lipinski definition) is 4. The molecule has 0 aromatic heterocycles. The molecule has 0 spiro atoms. The van der Waals surface area contributed by atoms with Crippen LogP contribution in [0.3, 0.4) is 0 Å². The van der Waals surface area contributed by atoms with Crippen molar-refractivity contribution in [2.45, 2.75) is 130 Å². The lowest BCUT2D eigenvalue weighted by Gasteiger charge is -1.99. The number of ether oxygens (including phenoxy) is 2. The van der Waals surface area contributed by atoms with E-state index in [1.807, 2.05) is 0 Å². The van der Waals surface area contributed by atoms with E-state index in [-0.39, 0.29) is 11.9 Å². The third-order valence-corrected chi connectivity index (χ3v) is 6.65. The molecular formula is C46H70O4. The van der Waals surface area contributed by atoms with E-state index in [2.05, 4.69) is 148 Å². The first-order valence-corrected chi connectivity index (χ1v) is 19.0. The van der Waals surface area contributed by atoms with Gasteiger partial charge in [0.2, 0.25) is 0 Å². The molecule has 0 atom stereocenters. The minimum Gasteiger partial charge on any atom is -0.466 e. The van der Waals surface area contributed by atoms with Crippen LogP contribution in [-0.2, 0) is 19.1 Å². The Kier molecular flexibility index (Phi) is 43.5. The van der Waals surface area contributed by atoms with E-state index in [1.54, 1.807) is 0 Å². The van der Waals surface area contributed by atoms with Gasteiger partial charge in [-0.15, -0.1) is 0 Å². The van der Waals surface area contributed by atoms with Crippen LogP contribution in [0.15, 0.2) is 134 Å². The summed E-state index contributed by atoms with van der Waals surface area (Å²) in [6, 6.07) is 0. The van der Waals surface area contributed by atoms with Crippen molar-refractivity contribution in [3.63, 3.8) is 0 Å². The van der Waals surface area contributed by atoms with Crippen LogP contribution in [0.2, 0.25) is 0 Å². The van der Waals surface area contributed by atoms with Gasteiger partial charge in [-0.2, -0.15) is 0 Å². The van der Waals surface area contributed by atoms with Crippen LogP contribution >= 0.6 is 0 Å². The van der Waals surface area contributed by atoms with Crippen LogP contribution in [0.5, 0.6) is 0 Å². The molecule has 0 amide bonds. The van der Waals surface area contributed by atoms with Crippen molar-refractivity contribution in [2.75, 3.05) is 13.2 Å². The lowest BCUT2D eigenvalue weighted by Crippen LogP contribution is -1.99. The molecule has 0 saturated heterocycles. The highest BCUT2D eigenvalue weighted by molar-refractivity contribution is 5.66. The number of unbranched alkanes of at least 4 members (excludes halogenated alkanes) is 3. The van der Waals surface area contributed by atoms with Gasteiger partial charge < -0.3 is 9.47 Å². The van der Waals surface area contributed by atoms with Gasteiger partial charge in [0, 0.05) is 13.8 Å². The maximum Gasteiger partial charge on any atom is 0.302 e. The van der Waals surface area contributed by atoms with Crippen molar-refractivity contribution in [1.82, 2.24) is 0 Å². The molecule has 0 aromatic rings. The van der Waals surface area contributed by atoms with E-state index in [0.29, 0.717) is 13.2 Å². The molecule has 0 aliphatic rings. The first-order chi connectivity index (χ1) is 24.5. The zero-order valence-corrected chi connectivity index (χ0v) is 32.1. The van der Waals surface area contributed by atoms with Crippen LogP contribution < -0.4 is 0 Å². The Morgan fingerprint density at radius 1 is 0.340 bits per heavy atom. The summed E-state index contributed by atoms with van der Waals surface area (Å²) in [6.45, 7) is 8.25. The minimum atomic E-state index is -0.201. The van der Waals surface area contributed by atoms with E-state index in [9.17, 15) is 9.59 Å². The molecule has 0 radical (unpaired) electrons. The third-order valence-electron chi connectivity index (χ3n) is 6.65. The number of allylic oxidation sites excluding steroid dienone is 22. The Labute approximate surface area is 307 Å². The molecule has 4 nitrogen and oxygen atoms in total. The molecule has 0 unspecified atom stereocenters. The minimum absolute atomic E-state index is 0.190. The SMILES string of the molecule is CC/C=C\C/C=C\C/C=C\C/C=C\C/C=C\C/C=C\CCCOC(C)=O.CC/C=C\C/C=C\C/C=C\C/C=C\C/C=C\CCCCOC(C)=O. The lowest BCUT2D eigenvalue weighted by atomic mass is 10.2. The van der Waals surface area contributed by atoms with Gasteiger partial charge >= 0.3 is 11.9 Å².